The third kappa shape index (κ3) is 2.02. The third-order valence-corrected chi connectivity index (χ3v) is 2.54. The van der Waals surface area contributed by atoms with Crippen molar-refractivity contribution in [3.8, 4) is 23.6 Å². The molecular formula is C12H15N5. The molecule has 17 heavy (non-hydrogen) atoms. The lowest BCUT2D eigenvalue weighted by molar-refractivity contribution is 0.532. The topological polar surface area (TPSA) is 61.7 Å². The first-order chi connectivity index (χ1) is 8.13. The van der Waals surface area contributed by atoms with Crippen LogP contribution in [-0.2, 0) is 6.54 Å². The lowest BCUT2D eigenvalue weighted by Gasteiger charge is -2.03. The van der Waals surface area contributed by atoms with Gasteiger partial charge in [-0.25, -0.2) is 4.98 Å². The number of hydrogen-bond donors (Lipinski definition) is 1. The van der Waals surface area contributed by atoms with Gasteiger partial charge in [-0.3, -0.25) is 4.68 Å². The van der Waals surface area contributed by atoms with Gasteiger partial charge in [-0.2, -0.15) is 5.10 Å². The van der Waals surface area contributed by atoms with Gasteiger partial charge in [0.1, 0.15) is 11.5 Å². The summed E-state index contributed by atoms with van der Waals surface area (Å²) in [6.45, 7) is 4.56. The van der Waals surface area contributed by atoms with Crippen molar-refractivity contribution >= 4 is 5.82 Å². The standard InChI is InChI=1S/C12H15N5/c1-4-5-16-8-14-11(12(16)13)10-6-15-17(7-10)9(2)3/h1,6-9H,5,13H2,2-3H3. The number of aromatic nitrogens is 4. The maximum atomic E-state index is 5.97. The van der Waals surface area contributed by atoms with Crippen molar-refractivity contribution in [3.63, 3.8) is 0 Å². The van der Waals surface area contributed by atoms with Crippen molar-refractivity contribution in [2.75, 3.05) is 5.73 Å². The van der Waals surface area contributed by atoms with Gasteiger partial charge in [0.2, 0.25) is 0 Å². The van der Waals surface area contributed by atoms with Gasteiger partial charge in [-0.15, -0.1) is 6.42 Å². The molecule has 0 saturated carbocycles. The molecule has 0 spiro atoms. The van der Waals surface area contributed by atoms with Crippen molar-refractivity contribution in [2.45, 2.75) is 26.4 Å². The van der Waals surface area contributed by atoms with Gasteiger partial charge in [0, 0.05) is 17.8 Å². The normalized spacial score (nSPS) is 10.7. The zero-order valence-corrected chi connectivity index (χ0v) is 9.96. The van der Waals surface area contributed by atoms with E-state index in [0.29, 0.717) is 18.4 Å². The number of terminal acetylenes is 1. The van der Waals surface area contributed by atoms with Crippen molar-refractivity contribution in [3.05, 3.63) is 18.7 Å². The molecule has 0 fully saturated rings. The maximum absolute atomic E-state index is 5.97. The van der Waals surface area contributed by atoms with Gasteiger partial charge in [-0.1, -0.05) is 5.92 Å². The predicted molar refractivity (Wildman–Crippen MR) is 67.1 cm³/mol. The second-order valence-electron chi connectivity index (χ2n) is 4.11. The summed E-state index contributed by atoms with van der Waals surface area (Å²) in [7, 11) is 0. The summed E-state index contributed by atoms with van der Waals surface area (Å²) < 4.78 is 3.61. The van der Waals surface area contributed by atoms with Crippen molar-refractivity contribution in [2.24, 2.45) is 0 Å². The Kier molecular flexibility index (Phi) is 2.88. The van der Waals surface area contributed by atoms with E-state index < -0.39 is 0 Å². The summed E-state index contributed by atoms with van der Waals surface area (Å²) in [5.74, 6) is 3.11. The van der Waals surface area contributed by atoms with E-state index in [9.17, 15) is 0 Å². The second kappa shape index (κ2) is 4.34. The van der Waals surface area contributed by atoms with Crippen molar-refractivity contribution in [1.82, 2.24) is 19.3 Å². The van der Waals surface area contributed by atoms with Crippen LogP contribution in [-0.4, -0.2) is 19.3 Å². The van der Waals surface area contributed by atoms with Crippen LogP contribution in [0.25, 0.3) is 11.3 Å². The molecule has 2 rings (SSSR count). The van der Waals surface area contributed by atoms with E-state index >= 15 is 0 Å². The zero-order valence-electron chi connectivity index (χ0n) is 9.96. The molecule has 0 saturated heterocycles. The zero-order chi connectivity index (χ0) is 12.4. The first-order valence-electron chi connectivity index (χ1n) is 5.42. The summed E-state index contributed by atoms with van der Waals surface area (Å²) >= 11 is 0. The van der Waals surface area contributed by atoms with Crippen LogP contribution in [0.2, 0.25) is 0 Å². The van der Waals surface area contributed by atoms with Gasteiger partial charge in [0.05, 0.1) is 19.1 Å². The summed E-state index contributed by atoms with van der Waals surface area (Å²) in [4.78, 5) is 4.27. The molecule has 2 aromatic rings. The van der Waals surface area contributed by atoms with Crippen LogP contribution in [0.1, 0.15) is 19.9 Å². The minimum atomic E-state index is 0.317. The fraction of sp³-hybridized carbons (Fsp3) is 0.333. The van der Waals surface area contributed by atoms with Gasteiger partial charge < -0.3 is 10.3 Å². The summed E-state index contributed by atoms with van der Waals surface area (Å²) in [5, 5.41) is 4.26. The quantitative estimate of drug-likeness (QED) is 0.812. The number of nitrogens with two attached hydrogens (primary N) is 1. The van der Waals surface area contributed by atoms with Crippen molar-refractivity contribution in [1.29, 1.82) is 0 Å². The molecular weight excluding hydrogens is 214 g/mol. The van der Waals surface area contributed by atoms with Crippen LogP contribution < -0.4 is 5.73 Å². The predicted octanol–water partition coefficient (Wildman–Crippen LogP) is 1.54. The highest BCUT2D eigenvalue weighted by molar-refractivity contribution is 5.69. The van der Waals surface area contributed by atoms with E-state index in [-0.39, 0.29) is 0 Å². The molecule has 0 aliphatic carbocycles. The summed E-state index contributed by atoms with van der Waals surface area (Å²) in [5.41, 5.74) is 7.61. The second-order valence-corrected chi connectivity index (χ2v) is 4.11. The van der Waals surface area contributed by atoms with E-state index in [0.717, 1.165) is 11.3 Å². The van der Waals surface area contributed by atoms with Crippen LogP contribution in [0.3, 0.4) is 0 Å². The lowest BCUT2D eigenvalue weighted by Crippen LogP contribution is -2.01. The average Bonchev–Trinajstić information content (AvgIpc) is 2.87. The van der Waals surface area contributed by atoms with Crippen molar-refractivity contribution < 1.29 is 0 Å². The smallest absolute Gasteiger partial charge is 0.132 e. The van der Waals surface area contributed by atoms with E-state index in [1.165, 1.54) is 0 Å². The first kappa shape index (κ1) is 11.3. The Bertz CT molecular complexity index is 556. The highest BCUT2D eigenvalue weighted by Gasteiger charge is 2.12. The van der Waals surface area contributed by atoms with E-state index in [1.54, 1.807) is 17.1 Å². The fourth-order valence-corrected chi connectivity index (χ4v) is 1.58. The van der Waals surface area contributed by atoms with Crippen LogP contribution in [0, 0.1) is 12.3 Å². The Morgan fingerprint density at radius 3 is 2.88 bits per heavy atom. The number of rotatable bonds is 3. The molecule has 5 nitrogen and oxygen atoms in total. The molecule has 88 valence electrons. The Hall–Kier alpha value is -2.22. The van der Waals surface area contributed by atoms with Gasteiger partial charge >= 0.3 is 0 Å². The molecule has 0 radical (unpaired) electrons. The average molecular weight is 229 g/mol. The summed E-state index contributed by atoms with van der Waals surface area (Å²) in [6, 6.07) is 0.317. The Morgan fingerprint density at radius 1 is 1.53 bits per heavy atom. The Morgan fingerprint density at radius 2 is 2.29 bits per heavy atom. The van der Waals surface area contributed by atoms with Crippen LogP contribution in [0.5, 0.6) is 0 Å². The third-order valence-electron chi connectivity index (χ3n) is 2.54. The molecule has 0 unspecified atom stereocenters. The highest BCUT2D eigenvalue weighted by Crippen LogP contribution is 2.24. The molecule has 0 atom stereocenters. The Labute approximate surface area is 100 Å². The molecule has 0 aliphatic heterocycles. The maximum Gasteiger partial charge on any atom is 0.132 e. The molecule has 2 aromatic heterocycles. The number of imidazole rings is 1. The van der Waals surface area contributed by atoms with Crippen LogP contribution in [0.15, 0.2) is 18.7 Å². The molecule has 0 aliphatic rings. The first-order valence-corrected chi connectivity index (χ1v) is 5.42. The van der Waals surface area contributed by atoms with Crippen LogP contribution in [0.4, 0.5) is 5.82 Å². The Balaban J connectivity index is 2.36. The molecule has 5 heteroatoms. The van der Waals surface area contributed by atoms with Gasteiger partial charge in [-0.05, 0) is 13.8 Å². The van der Waals surface area contributed by atoms with Crippen LogP contribution >= 0.6 is 0 Å². The number of anilines is 1. The monoisotopic (exact) mass is 229 g/mol. The van der Waals surface area contributed by atoms with Gasteiger partial charge in [0.25, 0.3) is 0 Å². The number of nitrogen functional groups attached to an aromatic ring is 1. The number of nitrogens with zero attached hydrogens (tertiary/aromatic N) is 4. The largest absolute Gasteiger partial charge is 0.383 e. The molecule has 2 N–H and O–H groups in total. The fourth-order valence-electron chi connectivity index (χ4n) is 1.58. The van der Waals surface area contributed by atoms with E-state index in [4.69, 9.17) is 12.2 Å². The minimum Gasteiger partial charge on any atom is -0.383 e. The SMILES string of the molecule is C#CCn1cnc(-c2cnn(C(C)C)c2)c1N. The minimum absolute atomic E-state index is 0.317. The summed E-state index contributed by atoms with van der Waals surface area (Å²) in [6.07, 6.45) is 10.6. The lowest BCUT2D eigenvalue weighted by atomic mass is 10.2. The highest BCUT2D eigenvalue weighted by atomic mass is 15.3. The van der Waals surface area contributed by atoms with Gasteiger partial charge in [0.15, 0.2) is 0 Å². The molecule has 0 amide bonds. The van der Waals surface area contributed by atoms with E-state index in [2.05, 4.69) is 29.9 Å². The number of hydrogen-bond acceptors (Lipinski definition) is 3. The molecule has 2 heterocycles. The molecule has 0 bridgehead atoms. The van der Waals surface area contributed by atoms with E-state index in [1.807, 2.05) is 10.9 Å². The molecule has 0 aromatic carbocycles.